The monoisotopic (exact) mass is 292 g/mol. The molecule has 114 valence electrons. The largest absolute Gasteiger partial charge is 0.429 e. The summed E-state index contributed by atoms with van der Waals surface area (Å²) in [5, 5.41) is 0. The molecule has 1 aromatic carbocycles. The highest BCUT2D eigenvalue weighted by molar-refractivity contribution is 5.89. The Morgan fingerprint density at radius 2 is 1.95 bits per heavy atom. The Bertz CT molecular complexity index is 513. The van der Waals surface area contributed by atoms with E-state index in [4.69, 9.17) is 18.9 Å². The van der Waals surface area contributed by atoms with Crippen molar-refractivity contribution in [3.05, 3.63) is 35.9 Å². The highest BCUT2D eigenvalue weighted by Crippen LogP contribution is 2.37. The lowest BCUT2D eigenvalue weighted by Crippen LogP contribution is -2.48. The average Bonchev–Trinajstić information content (AvgIpc) is 2.74. The molecule has 5 heteroatoms. The van der Waals surface area contributed by atoms with Gasteiger partial charge >= 0.3 is 5.97 Å². The van der Waals surface area contributed by atoms with Gasteiger partial charge in [-0.25, -0.2) is 4.79 Å². The van der Waals surface area contributed by atoms with Gasteiger partial charge in [0.15, 0.2) is 5.79 Å². The summed E-state index contributed by atoms with van der Waals surface area (Å²) in [5.74, 6) is -1.10. The molecule has 2 aliphatic rings. The van der Waals surface area contributed by atoms with E-state index in [1.165, 1.54) is 0 Å². The first-order valence-corrected chi connectivity index (χ1v) is 7.22. The van der Waals surface area contributed by atoms with Crippen LogP contribution in [0, 0.1) is 0 Å². The maximum atomic E-state index is 12.2. The minimum atomic E-state index is -0.742. The van der Waals surface area contributed by atoms with Gasteiger partial charge in [-0.15, -0.1) is 0 Å². The molecule has 0 aliphatic carbocycles. The molecule has 0 radical (unpaired) electrons. The van der Waals surface area contributed by atoms with Gasteiger partial charge in [0.25, 0.3) is 0 Å². The Labute approximate surface area is 124 Å². The number of rotatable bonds is 2. The fourth-order valence-electron chi connectivity index (χ4n) is 2.81. The number of esters is 1. The maximum absolute atomic E-state index is 12.2. The van der Waals surface area contributed by atoms with E-state index in [9.17, 15) is 4.79 Å². The van der Waals surface area contributed by atoms with Crippen molar-refractivity contribution in [2.75, 3.05) is 0 Å². The number of ether oxygens (including phenoxy) is 4. The van der Waals surface area contributed by atoms with Crippen molar-refractivity contribution < 1.29 is 23.7 Å². The summed E-state index contributed by atoms with van der Waals surface area (Å²) < 4.78 is 22.9. The number of carbonyl (C=O) groups excluding carboxylic acids is 1. The highest BCUT2D eigenvalue weighted by Gasteiger charge is 2.51. The van der Waals surface area contributed by atoms with Gasteiger partial charge in [0, 0.05) is 6.42 Å². The van der Waals surface area contributed by atoms with Crippen molar-refractivity contribution in [1.82, 2.24) is 0 Å². The van der Waals surface area contributed by atoms with E-state index in [0.29, 0.717) is 5.56 Å². The summed E-state index contributed by atoms with van der Waals surface area (Å²) in [6, 6.07) is 8.86. The van der Waals surface area contributed by atoms with Gasteiger partial charge in [0.05, 0.1) is 17.8 Å². The zero-order chi connectivity index (χ0) is 15.0. The van der Waals surface area contributed by atoms with Crippen molar-refractivity contribution in [1.29, 1.82) is 0 Å². The van der Waals surface area contributed by atoms with Crippen LogP contribution in [0.1, 0.15) is 37.6 Å². The molecule has 1 aromatic rings. The molecular weight excluding hydrogens is 272 g/mol. The first kappa shape index (κ1) is 14.5. The minimum Gasteiger partial charge on any atom is -0.429 e. The molecule has 0 saturated carbocycles. The third-order valence-electron chi connectivity index (χ3n) is 3.65. The van der Waals surface area contributed by atoms with Crippen molar-refractivity contribution >= 4 is 5.97 Å². The molecule has 3 rings (SSSR count). The van der Waals surface area contributed by atoms with Crippen LogP contribution in [0.15, 0.2) is 30.3 Å². The summed E-state index contributed by atoms with van der Waals surface area (Å²) >= 11 is 0. The molecule has 0 bridgehead atoms. The standard InChI is InChI=1S/C16H20O5/c1-10-9-12-13(21-16(2,3)20-12)15(18-10)19-14(17)11-7-5-4-6-8-11/h4-8,10,12-13,15H,9H2,1-3H3/t10-,12-,13+,15+/m1/s1. The molecule has 0 N–H and O–H groups in total. The molecule has 0 spiro atoms. The van der Waals surface area contributed by atoms with Gasteiger partial charge in [0.1, 0.15) is 6.10 Å². The van der Waals surface area contributed by atoms with Crippen LogP contribution >= 0.6 is 0 Å². The van der Waals surface area contributed by atoms with E-state index >= 15 is 0 Å². The van der Waals surface area contributed by atoms with E-state index in [1.807, 2.05) is 26.8 Å². The lowest BCUT2D eigenvalue weighted by Gasteiger charge is -2.34. The fourth-order valence-corrected chi connectivity index (χ4v) is 2.81. The second-order valence-electron chi connectivity index (χ2n) is 5.96. The van der Waals surface area contributed by atoms with Crippen LogP contribution in [0.2, 0.25) is 0 Å². The number of carbonyl (C=O) groups is 1. The molecular formula is C16H20O5. The molecule has 21 heavy (non-hydrogen) atoms. The van der Waals surface area contributed by atoms with Gasteiger partial charge in [-0.1, -0.05) is 18.2 Å². The number of benzene rings is 1. The molecule has 5 nitrogen and oxygen atoms in total. The summed E-state index contributed by atoms with van der Waals surface area (Å²) in [7, 11) is 0. The summed E-state index contributed by atoms with van der Waals surface area (Å²) in [5.41, 5.74) is 0.494. The quantitative estimate of drug-likeness (QED) is 0.784. The van der Waals surface area contributed by atoms with E-state index in [0.717, 1.165) is 6.42 Å². The van der Waals surface area contributed by atoms with Crippen LogP contribution in [0.5, 0.6) is 0 Å². The molecule has 2 fully saturated rings. The third kappa shape index (κ3) is 3.10. The Balaban J connectivity index is 1.73. The lowest BCUT2D eigenvalue weighted by atomic mass is 10.0. The molecule has 2 aliphatic heterocycles. The molecule has 0 unspecified atom stereocenters. The Morgan fingerprint density at radius 1 is 1.24 bits per heavy atom. The lowest BCUT2D eigenvalue weighted by molar-refractivity contribution is -0.225. The normalized spacial score (nSPS) is 34.2. The van der Waals surface area contributed by atoms with E-state index in [2.05, 4.69) is 0 Å². The second-order valence-corrected chi connectivity index (χ2v) is 5.96. The van der Waals surface area contributed by atoms with Crippen LogP contribution in [-0.4, -0.2) is 36.4 Å². The smallest absolute Gasteiger partial charge is 0.340 e. The van der Waals surface area contributed by atoms with Crippen LogP contribution in [0.25, 0.3) is 0 Å². The average molecular weight is 292 g/mol. The number of fused-ring (bicyclic) bond motifs is 1. The fraction of sp³-hybridized carbons (Fsp3) is 0.562. The van der Waals surface area contributed by atoms with E-state index in [-0.39, 0.29) is 18.3 Å². The van der Waals surface area contributed by atoms with E-state index < -0.39 is 18.0 Å². The van der Waals surface area contributed by atoms with Gasteiger partial charge < -0.3 is 18.9 Å². The van der Waals surface area contributed by atoms with Gasteiger partial charge in [0.2, 0.25) is 6.29 Å². The van der Waals surface area contributed by atoms with Crippen LogP contribution in [0.4, 0.5) is 0 Å². The molecule has 2 saturated heterocycles. The summed E-state index contributed by atoms with van der Waals surface area (Å²) in [4.78, 5) is 12.2. The van der Waals surface area contributed by atoms with Crippen molar-refractivity contribution in [3.8, 4) is 0 Å². The predicted molar refractivity (Wildman–Crippen MR) is 74.6 cm³/mol. The second kappa shape index (κ2) is 5.40. The molecule has 0 amide bonds. The third-order valence-corrected chi connectivity index (χ3v) is 3.65. The number of hydrogen-bond donors (Lipinski definition) is 0. The highest BCUT2D eigenvalue weighted by atomic mass is 16.8. The Kier molecular flexibility index (Phi) is 3.73. The summed E-state index contributed by atoms with van der Waals surface area (Å²) in [6.07, 6.45) is -0.556. The van der Waals surface area contributed by atoms with Gasteiger partial charge in [-0.2, -0.15) is 0 Å². The zero-order valence-electron chi connectivity index (χ0n) is 12.4. The van der Waals surface area contributed by atoms with Crippen LogP contribution in [0.3, 0.4) is 0 Å². The first-order chi connectivity index (χ1) is 9.94. The van der Waals surface area contributed by atoms with Crippen molar-refractivity contribution in [2.45, 2.75) is 57.6 Å². The topological polar surface area (TPSA) is 54.0 Å². The molecule has 0 aromatic heterocycles. The zero-order valence-corrected chi connectivity index (χ0v) is 12.4. The first-order valence-electron chi connectivity index (χ1n) is 7.22. The summed E-state index contributed by atoms with van der Waals surface area (Å²) in [6.45, 7) is 5.65. The van der Waals surface area contributed by atoms with Gasteiger partial charge in [-0.3, -0.25) is 0 Å². The van der Waals surface area contributed by atoms with E-state index in [1.54, 1.807) is 24.3 Å². The van der Waals surface area contributed by atoms with Crippen LogP contribution in [-0.2, 0) is 18.9 Å². The van der Waals surface area contributed by atoms with Gasteiger partial charge in [-0.05, 0) is 32.9 Å². The Morgan fingerprint density at radius 3 is 2.67 bits per heavy atom. The Hall–Kier alpha value is -1.43. The van der Waals surface area contributed by atoms with Crippen LogP contribution < -0.4 is 0 Å². The molecule has 4 atom stereocenters. The van der Waals surface area contributed by atoms with Crippen molar-refractivity contribution in [2.24, 2.45) is 0 Å². The predicted octanol–water partition coefficient (Wildman–Crippen LogP) is 2.50. The number of hydrogen-bond acceptors (Lipinski definition) is 5. The molecule has 2 heterocycles. The minimum absolute atomic E-state index is 0.0441. The SMILES string of the molecule is C[C@@H]1C[C@H]2OC(C)(C)O[C@@H]2[C@H](OC(=O)c2ccccc2)O1. The maximum Gasteiger partial charge on any atom is 0.340 e. The van der Waals surface area contributed by atoms with Crippen molar-refractivity contribution in [3.63, 3.8) is 0 Å².